The minimum atomic E-state index is -0.295. The highest BCUT2D eigenvalue weighted by Crippen LogP contribution is 2.09. The van der Waals surface area contributed by atoms with Crippen LogP contribution in [0.2, 0.25) is 0 Å². The van der Waals surface area contributed by atoms with Crippen LogP contribution in [0, 0.1) is 5.82 Å². The zero-order valence-electron chi connectivity index (χ0n) is 10.5. The highest BCUT2D eigenvalue weighted by atomic mass is 19.1. The number of rotatable bonds is 2. The molecule has 1 heterocycles. The summed E-state index contributed by atoms with van der Waals surface area (Å²) >= 11 is 0. The monoisotopic (exact) mass is 250 g/mol. The molecule has 0 aromatic heterocycles. The molecule has 1 aliphatic rings. The van der Waals surface area contributed by atoms with Gasteiger partial charge < -0.3 is 10.2 Å². The number of carbonyl (C=O) groups excluding carboxylic acids is 1. The SMILES string of the molecule is O=C(Cc1ccccc1F)N1CCCCNCC1. The Labute approximate surface area is 107 Å². The maximum atomic E-state index is 13.5. The van der Waals surface area contributed by atoms with Crippen molar-refractivity contribution in [2.24, 2.45) is 0 Å². The lowest BCUT2D eigenvalue weighted by atomic mass is 10.1. The van der Waals surface area contributed by atoms with Crippen molar-refractivity contribution in [1.29, 1.82) is 0 Å². The molecule has 1 aromatic rings. The summed E-state index contributed by atoms with van der Waals surface area (Å²) in [6.07, 6.45) is 2.26. The fourth-order valence-corrected chi connectivity index (χ4v) is 2.17. The van der Waals surface area contributed by atoms with E-state index in [1.807, 2.05) is 4.90 Å². The summed E-state index contributed by atoms with van der Waals surface area (Å²) in [5.41, 5.74) is 0.484. The third-order valence-electron chi connectivity index (χ3n) is 3.24. The van der Waals surface area contributed by atoms with Gasteiger partial charge in [-0.3, -0.25) is 4.79 Å². The molecule has 0 spiro atoms. The quantitative estimate of drug-likeness (QED) is 0.864. The first-order valence-corrected chi connectivity index (χ1v) is 6.49. The van der Waals surface area contributed by atoms with Crippen LogP contribution in [0.25, 0.3) is 0 Å². The molecule has 4 heteroatoms. The van der Waals surface area contributed by atoms with E-state index in [0.717, 1.165) is 32.5 Å². The second-order valence-corrected chi connectivity index (χ2v) is 4.61. The van der Waals surface area contributed by atoms with Crippen molar-refractivity contribution in [3.05, 3.63) is 35.6 Å². The van der Waals surface area contributed by atoms with E-state index in [0.29, 0.717) is 12.1 Å². The van der Waals surface area contributed by atoms with E-state index in [9.17, 15) is 9.18 Å². The molecule has 0 saturated carbocycles. The largest absolute Gasteiger partial charge is 0.341 e. The Morgan fingerprint density at radius 2 is 2.06 bits per heavy atom. The third kappa shape index (κ3) is 3.53. The van der Waals surface area contributed by atoms with Gasteiger partial charge in [-0.1, -0.05) is 18.2 Å². The molecule has 0 radical (unpaired) electrons. The third-order valence-corrected chi connectivity index (χ3v) is 3.24. The topological polar surface area (TPSA) is 32.3 Å². The summed E-state index contributed by atoms with van der Waals surface area (Å²) in [4.78, 5) is 13.9. The van der Waals surface area contributed by atoms with E-state index in [1.165, 1.54) is 6.07 Å². The Hall–Kier alpha value is -1.42. The maximum absolute atomic E-state index is 13.5. The number of nitrogens with zero attached hydrogens (tertiary/aromatic N) is 1. The molecule has 1 N–H and O–H groups in total. The molecular weight excluding hydrogens is 231 g/mol. The van der Waals surface area contributed by atoms with Crippen LogP contribution in [-0.2, 0) is 11.2 Å². The van der Waals surface area contributed by atoms with Crippen molar-refractivity contribution < 1.29 is 9.18 Å². The van der Waals surface area contributed by atoms with E-state index in [1.54, 1.807) is 18.2 Å². The molecule has 98 valence electrons. The molecule has 1 saturated heterocycles. The molecule has 0 atom stereocenters. The fourth-order valence-electron chi connectivity index (χ4n) is 2.17. The molecule has 1 amide bonds. The Bertz CT molecular complexity index is 401. The predicted molar refractivity (Wildman–Crippen MR) is 68.8 cm³/mol. The molecule has 0 unspecified atom stereocenters. The average Bonchev–Trinajstić information content (AvgIpc) is 2.31. The van der Waals surface area contributed by atoms with E-state index in [2.05, 4.69) is 5.32 Å². The Balaban J connectivity index is 1.96. The highest BCUT2D eigenvalue weighted by molar-refractivity contribution is 5.78. The number of benzene rings is 1. The molecule has 1 aromatic carbocycles. The van der Waals surface area contributed by atoms with Crippen LogP contribution in [0.15, 0.2) is 24.3 Å². The first-order valence-electron chi connectivity index (χ1n) is 6.49. The normalized spacial score (nSPS) is 17.1. The number of hydrogen-bond donors (Lipinski definition) is 1. The first-order chi connectivity index (χ1) is 8.77. The number of nitrogens with one attached hydrogen (secondary N) is 1. The summed E-state index contributed by atoms with van der Waals surface area (Å²) in [7, 11) is 0. The summed E-state index contributed by atoms with van der Waals surface area (Å²) in [6, 6.07) is 6.48. The lowest BCUT2D eigenvalue weighted by Crippen LogP contribution is -2.40. The molecule has 3 nitrogen and oxygen atoms in total. The fraction of sp³-hybridized carbons (Fsp3) is 0.500. The minimum Gasteiger partial charge on any atom is -0.341 e. The second-order valence-electron chi connectivity index (χ2n) is 4.61. The maximum Gasteiger partial charge on any atom is 0.227 e. The van der Waals surface area contributed by atoms with Gasteiger partial charge in [-0.25, -0.2) is 4.39 Å². The van der Waals surface area contributed by atoms with E-state index in [-0.39, 0.29) is 18.1 Å². The highest BCUT2D eigenvalue weighted by Gasteiger charge is 2.16. The summed E-state index contributed by atoms with van der Waals surface area (Å²) in [5, 5.41) is 3.28. The lowest BCUT2D eigenvalue weighted by Gasteiger charge is -2.25. The Morgan fingerprint density at radius 3 is 2.89 bits per heavy atom. The lowest BCUT2D eigenvalue weighted by molar-refractivity contribution is -0.130. The van der Waals surface area contributed by atoms with Crippen molar-refractivity contribution >= 4 is 5.91 Å². The van der Waals surface area contributed by atoms with E-state index < -0.39 is 0 Å². The van der Waals surface area contributed by atoms with Crippen LogP contribution in [0.1, 0.15) is 18.4 Å². The Morgan fingerprint density at radius 1 is 1.22 bits per heavy atom. The minimum absolute atomic E-state index is 0.0174. The average molecular weight is 250 g/mol. The van der Waals surface area contributed by atoms with Crippen LogP contribution in [0.5, 0.6) is 0 Å². The van der Waals surface area contributed by atoms with Gasteiger partial charge in [0.1, 0.15) is 5.82 Å². The standard InChI is InChI=1S/C14H19FN2O/c15-13-6-2-1-5-12(13)11-14(18)17-9-4-3-7-16-8-10-17/h1-2,5-6,16H,3-4,7-11H2. The zero-order chi connectivity index (χ0) is 12.8. The van der Waals surface area contributed by atoms with Gasteiger partial charge in [-0.05, 0) is 31.0 Å². The van der Waals surface area contributed by atoms with E-state index in [4.69, 9.17) is 0 Å². The zero-order valence-corrected chi connectivity index (χ0v) is 10.5. The van der Waals surface area contributed by atoms with Crippen LogP contribution < -0.4 is 5.32 Å². The summed E-state index contributed by atoms with van der Waals surface area (Å²) in [6.45, 7) is 3.35. The molecule has 0 bridgehead atoms. The van der Waals surface area contributed by atoms with Crippen LogP contribution in [-0.4, -0.2) is 37.0 Å². The van der Waals surface area contributed by atoms with Crippen molar-refractivity contribution in [3.8, 4) is 0 Å². The van der Waals surface area contributed by atoms with Gasteiger partial charge in [-0.15, -0.1) is 0 Å². The van der Waals surface area contributed by atoms with E-state index >= 15 is 0 Å². The van der Waals surface area contributed by atoms with Crippen LogP contribution in [0.4, 0.5) is 4.39 Å². The van der Waals surface area contributed by atoms with Gasteiger partial charge in [0.25, 0.3) is 0 Å². The number of hydrogen-bond acceptors (Lipinski definition) is 2. The Kier molecular flexibility index (Phi) is 4.70. The molecular formula is C14H19FN2O. The number of carbonyl (C=O) groups is 1. The molecule has 1 aliphatic heterocycles. The molecule has 1 fully saturated rings. The van der Waals surface area contributed by atoms with Gasteiger partial charge in [0.15, 0.2) is 0 Å². The van der Waals surface area contributed by atoms with Crippen LogP contribution in [0.3, 0.4) is 0 Å². The van der Waals surface area contributed by atoms with Crippen molar-refractivity contribution in [2.75, 3.05) is 26.2 Å². The predicted octanol–water partition coefficient (Wildman–Crippen LogP) is 1.58. The second kappa shape index (κ2) is 6.50. The van der Waals surface area contributed by atoms with Gasteiger partial charge in [0, 0.05) is 19.6 Å². The van der Waals surface area contributed by atoms with Crippen molar-refractivity contribution in [2.45, 2.75) is 19.3 Å². The van der Waals surface area contributed by atoms with Crippen LogP contribution >= 0.6 is 0 Å². The number of amides is 1. The smallest absolute Gasteiger partial charge is 0.227 e. The number of halogens is 1. The summed E-state index contributed by atoms with van der Waals surface area (Å²) in [5.74, 6) is -0.278. The molecule has 0 aliphatic carbocycles. The van der Waals surface area contributed by atoms with Gasteiger partial charge in [0.2, 0.25) is 5.91 Å². The van der Waals surface area contributed by atoms with Gasteiger partial charge in [0.05, 0.1) is 6.42 Å². The molecule has 18 heavy (non-hydrogen) atoms. The van der Waals surface area contributed by atoms with Gasteiger partial charge in [-0.2, -0.15) is 0 Å². The molecule has 2 rings (SSSR count). The first kappa shape index (κ1) is 13.0. The summed E-state index contributed by atoms with van der Waals surface area (Å²) < 4.78 is 13.5. The van der Waals surface area contributed by atoms with Crippen molar-refractivity contribution in [3.63, 3.8) is 0 Å². The van der Waals surface area contributed by atoms with Crippen molar-refractivity contribution in [1.82, 2.24) is 10.2 Å². The van der Waals surface area contributed by atoms with Gasteiger partial charge >= 0.3 is 0 Å².